The number of halogens is 1. The number of piperazine rings is 1. The van der Waals surface area contributed by atoms with Gasteiger partial charge in [-0.15, -0.1) is 21.5 Å². The minimum absolute atomic E-state index is 0.0445. The molecule has 5 atom stereocenters. The molecule has 2 bridgehead atoms. The molecule has 2 unspecified atom stereocenters. The van der Waals surface area contributed by atoms with E-state index in [1.54, 1.807) is 44.2 Å². The van der Waals surface area contributed by atoms with Crippen LogP contribution in [-0.4, -0.2) is 145 Å². The van der Waals surface area contributed by atoms with E-state index in [4.69, 9.17) is 20.4 Å². The van der Waals surface area contributed by atoms with Crippen LogP contribution in [0.15, 0.2) is 66.4 Å². The number of aryl methyl sites for hydroxylation is 1. The molecule has 0 spiro atoms. The monoisotopic (exact) mass is 1070 g/mol. The van der Waals surface area contributed by atoms with Crippen LogP contribution >= 0.6 is 11.3 Å². The Labute approximate surface area is 454 Å². The van der Waals surface area contributed by atoms with Gasteiger partial charge in [-0.25, -0.2) is 19.3 Å². The third-order valence-electron chi connectivity index (χ3n) is 16.3. The molecule has 18 nitrogen and oxygen atoms in total. The molecule has 20 heteroatoms. The molecule has 4 saturated heterocycles. The number of nitrogens with zero attached hydrogens (tertiary/aromatic N) is 9. The Morgan fingerprint density at radius 2 is 1.66 bits per heavy atom. The number of unbranched alkanes of at least 4 members (excludes halogenated alkanes) is 3. The SMILES string of the molecule is Cc1ncsc1-c1ccc(CNC(=O)[C@@H]2C[C@@H](O)CN2C(=O)[C@@H](NC(=O)C2(F)CC2)C(C)(C)C)c(OCCCCCCN2CCC(c3cnc(N4C5CCC4CN(c4cc(-c6ccccc6O)nnc4N)C5)nc3)CC2)c1. The molecule has 6 N–H and O–H groups in total. The summed E-state index contributed by atoms with van der Waals surface area (Å²) in [5, 5.41) is 35.3. The van der Waals surface area contributed by atoms with Crippen molar-refractivity contribution in [1.82, 2.24) is 45.6 Å². The number of hydrogen-bond donors (Lipinski definition) is 5. The highest BCUT2D eigenvalue weighted by atomic mass is 32.1. The van der Waals surface area contributed by atoms with Gasteiger partial charge in [-0.2, -0.15) is 0 Å². The molecule has 5 fully saturated rings. The van der Waals surface area contributed by atoms with Gasteiger partial charge in [-0.05, 0) is 125 Å². The number of phenols is 1. The molecule has 10 rings (SSSR count). The van der Waals surface area contributed by atoms with Gasteiger partial charge in [0.15, 0.2) is 11.5 Å². The second-order valence-corrected chi connectivity index (χ2v) is 23.7. The smallest absolute Gasteiger partial charge is 0.258 e. The molecule has 5 aromatic rings. The van der Waals surface area contributed by atoms with Crippen molar-refractivity contribution in [3.05, 3.63) is 83.3 Å². The molecule has 1 aliphatic carbocycles. The number of para-hydroxylation sites is 1. The molecule has 77 heavy (non-hydrogen) atoms. The number of thiazole rings is 1. The normalized spacial score (nSPS) is 21.8. The number of β-amino-alcohol motifs (C(OH)–C–C–N with tert-alkyl or cyclic N) is 1. The van der Waals surface area contributed by atoms with Crippen molar-refractivity contribution in [2.24, 2.45) is 5.41 Å². The van der Waals surface area contributed by atoms with E-state index in [1.165, 1.54) is 10.5 Å². The molecule has 3 amide bonds. The number of aliphatic hydroxyl groups excluding tert-OH is 1. The number of fused-ring (bicyclic) bond motifs is 2. The van der Waals surface area contributed by atoms with Gasteiger partial charge in [0.05, 0.1) is 40.2 Å². The Morgan fingerprint density at radius 3 is 2.35 bits per heavy atom. The fourth-order valence-electron chi connectivity index (χ4n) is 11.6. The Hall–Kier alpha value is -6.51. The number of phenolic OH excluding ortho intramolecular Hbond substituents is 1. The number of alkyl halides is 1. The first-order valence-corrected chi connectivity index (χ1v) is 28.3. The highest BCUT2D eigenvalue weighted by molar-refractivity contribution is 7.13. The number of aromatic hydroxyl groups is 1. The number of piperidine rings is 1. The van der Waals surface area contributed by atoms with Crippen molar-refractivity contribution in [3.8, 4) is 33.2 Å². The molecule has 3 aromatic heterocycles. The largest absolute Gasteiger partial charge is 0.507 e. The summed E-state index contributed by atoms with van der Waals surface area (Å²) >= 11 is 1.56. The van der Waals surface area contributed by atoms with Crippen LogP contribution in [0.3, 0.4) is 0 Å². The molecular formula is C57H73FN12O6S. The first-order chi connectivity index (χ1) is 37.0. The molecule has 2 aromatic carbocycles. The standard InChI is InChI=1S/C57H73FN12O6S/c1-35-49(77-34-63-35)37-13-14-38(28-60-52(73)46-26-42(71)33-69(46)53(74)50(56(2,3)4)64-54(75)57(58)19-20-57)48(25-37)76-24-10-6-5-9-21-67-22-17-36(18-23-67)39-29-61-55(62-30-39)70-40-15-16-41(70)32-68(31-40)45-27-44(65-66-51(45)59)43-11-7-8-12-47(43)72/h7-8,11-14,25,27,29-30,34,36,40-42,46,50,71-72H,5-6,9-10,15-24,26,28,31-33H2,1-4H3,(H2,59,66)(H,60,73)(H,64,75)/t40?,41?,42-,46+,50-/m1/s1. The molecule has 4 aliphatic heterocycles. The second-order valence-electron chi connectivity index (χ2n) is 22.9. The predicted molar refractivity (Wildman–Crippen MR) is 294 cm³/mol. The van der Waals surface area contributed by atoms with Crippen molar-refractivity contribution < 1.29 is 33.7 Å². The van der Waals surface area contributed by atoms with Crippen molar-refractivity contribution in [1.29, 1.82) is 0 Å². The van der Waals surface area contributed by atoms with Gasteiger partial charge in [0.1, 0.15) is 23.6 Å². The van der Waals surface area contributed by atoms with E-state index in [-0.39, 0.29) is 50.2 Å². The van der Waals surface area contributed by atoms with E-state index >= 15 is 0 Å². The number of rotatable bonds is 19. The lowest BCUT2D eigenvalue weighted by atomic mass is 9.85. The van der Waals surface area contributed by atoms with Crippen molar-refractivity contribution in [2.75, 3.05) is 61.4 Å². The molecular weight excluding hydrogens is 1000 g/mol. The summed E-state index contributed by atoms with van der Waals surface area (Å²) in [5.41, 5.74) is 11.4. The molecule has 7 heterocycles. The summed E-state index contributed by atoms with van der Waals surface area (Å²) in [6, 6.07) is 13.4. The van der Waals surface area contributed by atoms with Crippen LogP contribution in [0.5, 0.6) is 11.5 Å². The quantitative estimate of drug-likeness (QED) is 0.0528. The van der Waals surface area contributed by atoms with Gasteiger partial charge in [-0.3, -0.25) is 14.4 Å². The Morgan fingerprint density at radius 1 is 0.935 bits per heavy atom. The second kappa shape index (κ2) is 22.8. The summed E-state index contributed by atoms with van der Waals surface area (Å²) < 4.78 is 21.1. The topological polar surface area (TPSA) is 228 Å². The number of aliphatic hydroxyl groups is 1. The van der Waals surface area contributed by atoms with Crippen molar-refractivity contribution in [2.45, 2.75) is 147 Å². The number of nitrogens with one attached hydrogen (secondary N) is 2. The van der Waals surface area contributed by atoms with Crippen LogP contribution in [0.25, 0.3) is 21.7 Å². The van der Waals surface area contributed by atoms with Gasteiger partial charge >= 0.3 is 0 Å². The van der Waals surface area contributed by atoms with Gasteiger partial charge < -0.3 is 50.9 Å². The summed E-state index contributed by atoms with van der Waals surface area (Å²) in [6.45, 7) is 12.6. The highest BCUT2D eigenvalue weighted by Gasteiger charge is 2.53. The average molecular weight is 1070 g/mol. The van der Waals surface area contributed by atoms with E-state index in [0.717, 1.165) is 117 Å². The van der Waals surface area contributed by atoms with Crippen LogP contribution in [0, 0.1) is 12.3 Å². The molecule has 5 aliphatic rings. The Kier molecular flexibility index (Phi) is 16.0. The Bertz CT molecular complexity index is 2890. The fourth-order valence-corrected chi connectivity index (χ4v) is 12.4. The number of nitrogens with two attached hydrogens (primary N) is 1. The lowest BCUT2D eigenvalue weighted by Crippen LogP contribution is -2.59. The summed E-state index contributed by atoms with van der Waals surface area (Å²) in [5.74, 6) is 0.647. The number of carbonyl (C=O) groups excluding carboxylic acids is 3. The lowest BCUT2D eigenvalue weighted by molar-refractivity contribution is -0.145. The van der Waals surface area contributed by atoms with E-state index in [0.29, 0.717) is 35.3 Å². The number of carbonyl (C=O) groups is 3. The minimum atomic E-state index is -1.96. The number of anilines is 3. The third-order valence-corrected chi connectivity index (χ3v) is 17.2. The van der Waals surface area contributed by atoms with Gasteiger partial charge in [0.2, 0.25) is 17.8 Å². The maximum Gasteiger partial charge on any atom is 0.258 e. The summed E-state index contributed by atoms with van der Waals surface area (Å²) in [4.78, 5) is 64.5. The third kappa shape index (κ3) is 12.1. The highest BCUT2D eigenvalue weighted by Crippen LogP contribution is 2.42. The van der Waals surface area contributed by atoms with E-state index in [1.807, 2.05) is 61.2 Å². The van der Waals surface area contributed by atoms with Gasteiger partial charge in [-0.1, -0.05) is 57.9 Å². The zero-order valence-electron chi connectivity index (χ0n) is 44.7. The van der Waals surface area contributed by atoms with Gasteiger partial charge in [0.25, 0.3) is 5.91 Å². The lowest BCUT2D eigenvalue weighted by Gasteiger charge is -2.42. The van der Waals surface area contributed by atoms with Crippen molar-refractivity contribution >= 4 is 46.5 Å². The predicted octanol–water partition coefficient (Wildman–Crippen LogP) is 6.94. The number of likely N-dealkylation sites (tertiary alicyclic amines) is 2. The number of ether oxygens (including phenoxy) is 1. The summed E-state index contributed by atoms with van der Waals surface area (Å²) in [6.07, 6.45) is 11.8. The number of amides is 3. The van der Waals surface area contributed by atoms with E-state index in [2.05, 4.69) is 40.5 Å². The fraction of sp³-hybridized carbons (Fsp3) is 0.544. The van der Waals surface area contributed by atoms with Crippen LogP contribution in [-0.2, 0) is 20.9 Å². The molecule has 1 saturated carbocycles. The van der Waals surface area contributed by atoms with E-state index < -0.39 is 47.0 Å². The van der Waals surface area contributed by atoms with Crippen LogP contribution in [0.4, 0.5) is 21.8 Å². The zero-order chi connectivity index (χ0) is 54.0. The molecule has 0 radical (unpaired) electrons. The average Bonchev–Trinajstić information content (AvgIpc) is 3.74. The summed E-state index contributed by atoms with van der Waals surface area (Å²) in [7, 11) is 0. The number of benzene rings is 2. The first kappa shape index (κ1) is 53.9. The Balaban J connectivity index is 0.668. The zero-order valence-corrected chi connectivity index (χ0v) is 45.5. The van der Waals surface area contributed by atoms with Crippen LogP contribution in [0.2, 0.25) is 0 Å². The number of aromatic nitrogens is 5. The van der Waals surface area contributed by atoms with E-state index in [9.17, 15) is 29.0 Å². The van der Waals surface area contributed by atoms with Crippen LogP contribution in [0.1, 0.15) is 114 Å². The first-order valence-electron chi connectivity index (χ1n) is 27.4. The number of nitrogen functional groups attached to an aromatic ring is 1. The van der Waals surface area contributed by atoms with Crippen LogP contribution < -0.4 is 30.9 Å². The molecule has 410 valence electrons. The minimum Gasteiger partial charge on any atom is -0.507 e. The van der Waals surface area contributed by atoms with Gasteiger partial charge in [0, 0.05) is 68.2 Å². The number of hydrogen-bond acceptors (Lipinski definition) is 16. The maximum absolute atomic E-state index is 14.7. The maximum atomic E-state index is 14.7. The van der Waals surface area contributed by atoms with Crippen molar-refractivity contribution in [3.63, 3.8) is 0 Å².